The molecule has 7 heteroatoms. The van der Waals surface area contributed by atoms with Crippen molar-refractivity contribution in [2.45, 2.75) is 32.3 Å². The molecule has 1 aromatic carbocycles. The van der Waals surface area contributed by atoms with Gasteiger partial charge in [-0.1, -0.05) is 0 Å². The predicted molar refractivity (Wildman–Crippen MR) is 98.1 cm³/mol. The Morgan fingerprint density at radius 1 is 1.23 bits per heavy atom. The molecule has 0 atom stereocenters. The molecular weight excluding hydrogens is 352 g/mol. The van der Waals surface area contributed by atoms with Crippen LogP contribution in [-0.2, 0) is 24.2 Å². The van der Waals surface area contributed by atoms with Crippen LogP contribution in [0.2, 0.25) is 0 Å². The van der Waals surface area contributed by atoms with E-state index in [1.165, 1.54) is 10.9 Å². The molecule has 0 aliphatic heterocycles. The lowest BCUT2D eigenvalue weighted by molar-refractivity contribution is 0.0467. The fraction of sp³-hybridized carbons (Fsp3) is 0.316. The summed E-state index contributed by atoms with van der Waals surface area (Å²) in [5.74, 6) is 0.212. The summed E-state index contributed by atoms with van der Waals surface area (Å²) >= 11 is 1.56. The monoisotopic (exact) mass is 370 g/mol. The third-order valence-corrected chi connectivity index (χ3v) is 5.63. The molecule has 0 radical (unpaired) electrons. The minimum Gasteiger partial charge on any atom is -0.497 e. The molecule has 134 valence electrons. The van der Waals surface area contributed by atoms with Gasteiger partial charge in [0.25, 0.3) is 5.56 Å². The summed E-state index contributed by atoms with van der Waals surface area (Å²) in [5.41, 5.74) is 1.88. The highest BCUT2D eigenvalue weighted by molar-refractivity contribution is 7.17. The quantitative estimate of drug-likeness (QED) is 0.661. The van der Waals surface area contributed by atoms with E-state index < -0.39 is 5.97 Å². The summed E-state index contributed by atoms with van der Waals surface area (Å²) in [5, 5.41) is 0. The Labute approximate surface area is 154 Å². The maximum atomic E-state index is 12.5. The third kappa shape index (κ3) is 3.10. The Hall–Kier alpha value is -2.67. The Bertz CT molecular complexity index is 1020. The van der Waals surface area contributed by atoms with Crippen LogP contribution >= 0.6 is 11.3 Å². The number of methoxy groups -OCH3 is 1. The number of hydrogen-bond donors (Lipinski definition) is 0. The molecule has 26 heavy (non-hydrogen) atoms. The first-order chi connectivity index (χ1) is 12.7. The zero-order valence-electron chi connectivity index (χ0n) is 14.4. The maximum Gasteiger partial charge on any atom is 0.338 e. The molecule has 0 bridgehead atoms. The van der Waals surface area contributed by atoms with Crippen LogP contribution in [0.25, 0.3) is 4.96 Å². The highest BCUT2D eigenvalue weighted by Gasteiger charge is 2.18. The molecule has 0 spiro atoms. The van der Waals surface area contributed by atoms with Crippen LogP contribution in [0.15, 0.2) is 35.1 Å². The molecule has 1 aliphatic rings. The van der Waals surface area contributed by atoms with Crippen LogP contribution < -0.4 is 10.3 Å². The molecule has 2 aromatic heterocycles. The number of rotatable bonds is 4. The van der Waals surface area contributed by atoms with Gasteiger partial charge in [0.1, 0.15) is 12.4 Å². The minimum absolute atomic E-state index is 0.0286. The molecule has 2 heterocycles. The smallest absolute Gasteiger partial charge is 0.338 e. The highest BCUT2D eigenvalue weighted by Crippen LogP contribution is 2.28. The van der Waals surface area contributed by atoms with Gasteiger partial charge in [0, 0.05) is 16.6 Å². The second-order valence-electron chi connectivity index (χ2n) is 6.19. The van der Waals surface area contributed by atoms with E-state index >= 15 is 0 Å². The second kappa shape index (κ2) is 6.92. The van der Waals surface area contributed by atoms with Crippen molar-refractivity contribution in [1.29, 1.82) is 0 Å². The Morgan fingerprint density at radius 2 is 2.00 bits per heavy atom. The molecule has 0 N–H and O–H groups in total. The van der Waals surface area contributed by atoms with E-state index in [1.807, 2.05) is 0 Å². The highest BCUT2D eigenvalue weighted by atomic mass is 32.1. The number of aryl methyl sites for hydroxylation is 2. The summed E-state index contributed by atoms with van der Waals surface area (Å²) in [6.45, 7) is -0.0286. The molecule has 3 aromatic rings. The number of aromatic nitrogens is 2. The molecule has 0 saturated heterocycles. The van der Waals surface area contributed by atoms with E-state index in [0.717, 1.165) is 31.4 Å². The number of benzene rings is 1. The van der Waals surface area contributed by atoms with Crippen molar-refractivity contribution in [3.63, 3.8) is 0 Å². The van der Waals surface area contributed by atoms with Gasteiger partial charge in [-0.25, -0.2) is 9.78 Å². The lowest BCUT2D eigenvalue weighted by Gasteiger charge is -2.10. The number of esters is 1. The van der Waals surface area contributed by atoms with Gasteiger partial charge in [0.05, 0.1) is 18.4 Å². The molecule has 4 rings (SSSR count). The van der Waals surface area contributed by atoms with Crippen molar-refractivity contribution in [2.24, 2.45) is 0 Å². The SMILES string of the molecule is COc1ccc(C(=O)OCc2cc(=O)n3c4c(sc3n2)CCCC4)cc1. The maximum absolute atomic E-state index is 12.5. The van der Waals surface area contributed by atoms with Crippen LogP contribution in [-0.4, -0.2) is 22.5 Å². The van der Waals surface area contributed by atoms with Gasteiger partial charge in [0.15, 0.2) is 4.96 Å². The van der Waals surface area contributed by atoms with E-state index in [0.29, 0.717) is 22.0 Å². The molecule has 0 saturated carbocycles. The van der Waals surface area contributed by atoms with Crippen LogP contribution in [0, 0.1) is 0 Å². The molecule has 0 unspecified atom stereocenters. The first-order valence-corrected chi connectivity index (χ1v) is 9.32. The van der Waals surface area contributed by atoms with E-state index in [9.17, 15) is 9.59 Å². The van der Waals surface area contributed by atoms with E-state index in [2.05, 4.69) is 4.98 Å². The zero-order chi connectivity index (χ0) is 18.1. The summed E-state index contributed by atoms with van der Waals surface area (Å²) in [7, 11) is 1.57. The second-order valence-corrected chi connectivity index (χ2v) is 7.25. The topological polar surface area (TPSA) is 69.9 Å². The number of thiazole rings is 1. The van der Waals surface area contributed by atoms with Crippen LogP contribution in [0.5, 0.6) is 5.75 Å². The average Bonchev–Trinajstić information content (AvgIpc) is 3.05. The fourth-order valence-corrected chi connectivity index (χ4v) is 4.40. The summed E-state index contributed by atoms with van der Waals surface area (Å²) < 4.78 is 12.1. The van der Waals surface area contributed by atoms with Crippen molar-refractivity contribution < 1.29 is 14.3 Å². The summed E-state index contributed by atoms with van der Waals surface area (Å²) in [4.78, 5) is 31.1. The standard InChI is InChI=1S/C19H18N2O4S/c1-24-14-8-6-12(7-9-14)18(23)25-11-13-10-17(22)21-15-4-2-3-5-16(15)26-19(21)20-13/h6-10H,2-5,11H2,1H3. The summed E-state index contributed by atoms with van der Waals surface area (Å²) in [6.07, 6.45) is 4.18. The predicted octanol–water partition coefficient (Wildman–Crippen LogP) is 3.00. The first-order valence-electron chi connectivity index (χ1n) is 8.50. The molecule has 0 amide bonds. The Morgan fingerprint density at radius 3 is 2.77 bits per heavy atom. The number of nitrogens with zero attached hydrogens (tertiary/aromatic N) is 2. The molecule has 0 fully saturated rings. The van der Waals surface area contributed by atoms with Crippen LogP contribution in [0.1, 0.15) is 39.5 Å². The van der Waals surface area contributed by atoms with Crippen molar-refractivity contribution in [3.8, 4) is 5.75 Å². The van der Waals surface area contributed by atoms with E-state index in [-0.39, 0.29) is 12.2 Å². The van der Waals surface area contributed by atoms with Gasteiger partial charge in [-0.05, 0) is 49.9 Å². The number of carbonyl (C=O) groups is 1. The van der Waals surface area contributed by atoms with Gasteiger partial charge in [-0.15, -0.1) is 11.3 Å². The molecular formula is C19H18N2O4S. The van der Waals surface area contributed by atoms with Crippen molar-refractivity contribution in [2.75, 3.05) is 7.11 Å². The zero-order valence-corrected chi connectivity index (χ0v) is 15.2. The van der Waals surface area contributed by atoms with Gasteiger partial charge >= 0.3 is 5.97 Å². The number of ether oxygens (including phenoxy) is 2. The normalized spacial score (nSPS) is 13.4. The number of fused-ring (bicyclic) bond motifs is 3. The van der Waals surface area contributed by atoms with Gasteiger partial charge in [-0.3, -0.25) is 9.20 Å². The Kier molecular flexibility index (Phi) is 4.46. The molecule has 6 nitrogen and oxygen atoms in total. The van der Waals surface area contributed by atoms with Crippen molar-refractivity contribution in [1.82, 2.24) is 9.38 Å². The number of carbonyl (C=O) groups excluding carboxylic acids is 1. The summed E-state index contributed by atoms with van der Waals surface area (Å²) in [6, 6.07) is 8.13. The van der Waals surface area contributed by atoms with E-state index in [4.69, 9.17) is 9.47 Å². The van der Waals surface area contributed by atoms with Gasteiger partial charge in [0.2, 0.25) is 0 Å². The van der Waals surface area contributed by atoms with Crippen LogP contribution in [0.3, 0.4) is 0 Å². The van der Waals surface area contributed by atoms with Crippen molar-refractivity contribution >= 4 is 22.3 Å². The lowest BCUT2D eigenvalue weighted by atomic mass is 10.0. The third-order valence-electron chi connectivity index (χ3n) is 4.49. The number of hydrogen-bond acceptors (Lipinski definition) is 6. The Balaban J connectivity index is 1.53. The van der Waals surface area contributed by atoms with Crippen LogP contribution in [0.4, 0.5) is 0 Å². The van der Waals surface area contributed by atoms with Gasteiger partial charge in [-0.2, -0.15) is 0 Å². The van der Waals surface area contributed by atoms with Crippen molar-refractivity contribution in [3.05, 3.63) is 62.5 Å². The molecule has 1 aliphatic carbocycles. The van der Waals surface area contributed by atoms with Gasteiger partial charge < -0.3 is 9.47 Å². The largest absolute Gasteiger partial charge is 0.497 e. The van der Waals surface area contributed by atoms with E-state index in [1.54, 1.807) is 47.1 Å². The first kappa shape index (κ1) is 16.8. The lowest BCUT2D eigenvalue weighted by Crippen LogP contribution is -2.18. The average molecular weight is 370 g/mol. The minimum atomic E-state index is -0.458. The fourth-order valence-electron chi connectivity index (χ4n) is 3.17.